The van der Waals surface area contributed by atoms with Crippen molar-refractivity contribution < 1.29 is 9.72 Å². The number of hydrogen-bond donors (Lipinski definition) is 1. The number of benzene rings is 1. The summed E-state index contributed by atoms with van der Waals surface area (Å²) >= 11 is 5.78. The smallest absolute Gasteiger partial charge is 0.282 e. The zero-order valence-corrected chi connectivity index (χ0v) is 11.8. The molecule has 0 radical (unpaired) electrons. The number of nitro benzene ring substituents is 1. The summed E-state index contributed by atoms with van der Waals surface area (Å²) in [6, 6.07) is 5.71. The molecule has 0 aliphatic heterocycles. The van der Waals surface area contributed by atoms with Gasteiger partial charge >= 0.3 is 0 Å². The molecule has 1 aromatic heterocycles. The van der Waals surface area contributed by atoms with Crippen molar-refractivity contribution in [1.29, 1.82) is 0 Å². The summed E-state index contributed by atoms with van der Waals surface area (Å²) < 4.78 is 1.74. The lowest BCUT2D eigenvalue weighted by Crippen LogP contribution is -2.26. The van der Waals surface area contributed by atoms with Gasteiger partial charge in [0.15, 0.2) is 0 Å². The molecule has 1 aromatic carbocycles. The van der Waals surface area contributed by atoms with Crippen LogP contribution in [0.4, 0.5) is 5.69 Å². The minimum Gasteiger partial charge on any atom is -0.352 e. The highest BCUT2D eigenvalue weighted by atomic mass is 35.5. The Balaban J connectivity index is 1.93. The lowest BCUT2D eigenvalue weighted by molar-refractivity contribution is -0.385. The number of amides is 1. The van der Waals surface area contributed by atoms with Crippen LogP contribution in [-0.2, 0) is 6.54 Å². The van der Waals surface area contributed by atoms with Crippen LogP contribution in [0.25, 0.3) is 0 Å². The molecule has 1 amide bonds. The first-order valence-corrected chi connectivity index (χ1v) is 6.65. The van der Waals surface area contributed by atoms with Gasteiger partial charge in [-0.3, -0.25) is 19.6 Å². The Bertz CT molecular complexity index is 643. The summed E-state index contributed by atoms with van der Waals surface area (Å²) in [7, 11) is 0. The molecule has 0 atom stereocenters. The van der Waals surface area contributed by atoms with Crippen molar-refractivity contribution in [3.8, 4) is 0 Å². The van der Waals surface area contributed by atoms with Crippen molar-refractivity contribution in [1.82, 2.24) is 15.1 Å². The molecule has 1 N–H and O–H groups in total. The highest BCUT2D eigenvalue weighted by Crippen LogP contribution is 2.22. The summed E-state index contributed by atoms with van der Waals surface area (Å²) in [4.78, 5) is 22.3. The van der Waals surface area contributed by atoms with Gasteiger partial charge in [0.05, 0.1) is 4.92 Å². The summed E-state index contributed by atoms with van der Waals surface area (Å²) in [6.07, 6.45) is 4.17. The van der Waals surface area contributed by atoms with Crippen molar-refractivity contribution in [3.05, 3.63) is 57.4 Å². The quantitative estimate of drug-likeness (QED) is 0.503. The number of halogens is 1. The van der Waals surface area contributed by atoms with E-state index in [0.29, 0.717) is 19.5 Å². The molecule has 0 saturated heterocycles. The van der Waals surface area contributed by atoms with Crippen LogP contribution in [0, 0.1) is 10.1 Å². The van der Waals surface area contributed by atoms with E-state index in [1.165, 1.54) is 18.2 Å². The van der Waals surface area contributed by atoms with Crippen molar-refractivity contribution >= 4 is 23.2 Å². The van der Waals surface area contributed by atoms with Crippen LogP contribution in [0.3, 0.4) is 0 Å². The van der Waals surface area contributed by atoms with Gasteiger partial charge in [0.25, 0.3) is 11.6 Å². The maximum absolute atomic E-state index is 12.0. The van der Waals surface area contributed by atoms with Crippen LogP contribution in [0.15, 0.2) is 36.7 Å². The molecule has 0 saturated carbocycles. The Morgan fingerprint density at radius 1 is 1.48 bits per heavy atom. The molecule has 0 bridgehead atoms. The van der Waals surface area contributed by atoms with E-state index in [1.54, 1.807) is 10.9 Å². The molecule has 0 spiro atoms. The van der Waals surface area contributed by atoms with Gasteiger partial charge in [-0.25, -0.2) is 0 Å². The van der Waals surface area contributed by atoms with Crippen LogP contribution >= 0.6 is 11.6 Å². The van der Waals surface area contributed by atoms with Crippen molar-refractivity contribution in [2.45, 2.75) is 13.0 Å². The Morgan fingerprint density at radius 2 is 2.29 bits per heavy atom. The molecule has 8 heteroatoms. The lowest BCUT2D eigenvalue weighted by Gasteiger charge is -2.06. The second kappa shape index (κ2) is 6.85. The Hall–Kier alpha value is -2.41. The summed E-state index contributed by atoms with van der Waals surface area (Å²) in [5.41, 5.74) is -0.296. The fourth-order valence-electron chi connectivity index (χ4n) is 1.82. The molecule has 110 valence electrons. The second-order valence-electron chi connectivity index (χ2n) is 4.30. The SMILES string of the molecule is O=C(NCCCn1cccn1)c1cc(Cl)ccc1[N+](=O)[O-]. The standard InChI is InChI=1S/C13H13ClN4O3/c14-10-3-4-12(18(20)21)11(9-10)13(19)15-5-1-7-17-8-2-6-16-17/h2-4,6,8-9H,1,5,7H2,(H,15,19). The van der Waals surface area contributed by atoms with E-state index in [1.807, 2.05) is 12.3 Å². The highest BCUT2D eigenvalue weighted by Gasteiger charge is 2.19. The highest BCUT2D eigenvalue weighted by molar-refractivity contribution is 6.31. The van der Waals surface area contributed by atoms with Crippen molar-refractivity contribution in [2.75, 3.05) is 6.54 Å². The zero-order valence-electron chi connectivity index (χ0n) is 11.0. The van der Waals surface area contributed by atoms with E-state index >= 15 is 0 Å². The van der Waals surface area contributed by atoms with E-state index in [2.05, 4.69) is 10.4 Å². The van der Waals surface area contributed by atoms with Gasteiger partial charge < -0.3 is 5.32 Å². The summed E-state index contributed by atoms with van der Waals surface area (Å²) in [5.74, 6) is -0.510. The lowest BCUT2D eigenvalue weighted by atomic mass is 10.1. The van der Waals surface area contributed by atoms with Gasteiger partial charge in [-0.1, -0.05) is 11.6 Å². The van der Waals surface area contributed by atoms with E-state index in [9.17, 15) is 14.9 Å². The number of aromatic nitrogens is 2. The van der Waals surface area contributed by atoms with Crippen LogP contribution in [0.2, 0.25) is 5.02 Å². The monoisotopic (exact) mass is 308 g/mol. The van der Waals surface area contributed by atoms with Gasteiger partial charge in [-0.2, -0.15) is 5.10 Å². The minimum absolute atomic E-state index is 0.0356. The van der Waals surface area contributed by atoms with Gasteiger partial charge in [-0.05, 0) is 24.6 Å². The number of aryl methyl sites for hydroxylation is 1. The minimum atomic E-state index is -0.602. The zero-order chi connectivity index (χ0) is 15.2. The number of nitrogens with zero attached hydrogens (tertiary/aromatic N) is 3. The third kappa shape index (κ3) is 4.03. The van der Waals surface area contributed by atoms with Crippen LogP contribution in [0.5, 0.6) is 0 Å². The van der Waals surface area contributed by atoms with Gasteiger partial charge in [0, 0.05) is 36.6 Å². The molecule has 2 rings (SSSR count). The Kier molecular flexibility index (Phi) is 4.89. The Morgan fingerprint density at radius 3 is 2.95 bits per heavy atom. The van der Waals surface area contributed by atoms with E-state index in [0.717, 1.165) is 0 Å². The first kappa shape index (κ1) is 15.0. The van der Waals surface area contributed by atoms with E-state index in [-0.39, 0.29) is 16.3 Å². The fraction of sp³-hybridized carbons (Fsp3) is 0.231. The molecule has 1 heterocycles. The van der Waals surface area contributed by atoms with E-state index < -0.39 is 10.8 Å². The fourth-order valence-corrected chi connectivity index (χ4v) is 1.99. The first-order valence-electron chi connectivity index (χ1n) is 6.27. The number of nitrogens with one attached hydrogen (secondary N) is 1. The molecule has 2 aromatic rings. The maximum atomic E-state index is 12.0. The predicted octanol–water partition coefficient (Wildman–Crippen LogP) is 2.26. The molecule has 7 nitrogen and oxygen atoms in total. The third-order valence-corrected chi connectivity index (χ3v) is 3.04. The average Bonchev–Trinajstić information content (AvgIpc) is 2.96. The predicted molar refractivity (Wildman–Crippen MR) is 77.3 cm³/mol. The largest absolute Gasteiger partial charge is 0.352 e. The second-order valence-corrected chi connectivity index (χ2v) is 4.73. The summed E-state index contributed by atoms with van der Waals surface area (Å²) in [5, 5.41) is 17.9. The summed E-state index contributed by atoms with van der Waals surface area (Å²) in [6.45, 7) is 1.05. The normalized spacial score (nSPS) is 10.3. The molecule has 0 fully saturated rings. The number of rotatable bonds is 6. The van der Waals surface area contributed by atoms with Crippen LogP contribution < -0.4 is 5.32 Å². The number of carbonyl (C=O) groups is 1. The molecule has 0 aliphatic carbocycles. The first-order chi connectivity index (χ1) is 10.1. The molecule has 21 heavy (non-hydrogen) atoms. The van der Waals surface area contributed by atoms with Gasteiger partial charge in [0.1, 0.15) is 5.56 Å². The number of nitro groups is 1. The number of hydrogen-bond acceptors (Lipinski definition) is 4. The maximum Gasteiger partial charge on any atom is 0.282 e. The van der Waals surface area contributed by atoms with Gasteiger partial charge in [-0.15, -0.1) is 0 Å². The molecule has 0 aliphatic rings. The van der Waals surface area contributed by atoms with Crippen LogP contribution in [0.1, 0.15) is 16.8 Å². The van der Waals surface area contributed by atoms with Crippen molar-refractivity contribution in [2.24, 2.45) is 0 Å². The average molecular weight is 309 g/mol. The molecular formula is C13H13ClN4O3. The van der Waals surface area contributed by atoms with Crippen molar-refractivity contribution in [3.63, 3.8) is 0 Å². The molecule has 0 unspecified atom stereocenters. The third-order valence-electron chi connectivity index (χ3n) is 2.81. The van der Waals surface area contributed by atoms with Crippen LogP contribution in [-0.4, -0.2) is 27.2 Å². The Labute approximate surface area is 125 Å². The molecular weight excluding hydrogens is 296 g/mol. The van der Waals surface area contributed by atoms with Gasteiger partial charge in [0.2, 0.25) is 0 Å². The topological polar surface area (TPSA) is 90.1 Å². The number of carbonyl (C=O) groups excluding carboxylic acids is 1. The van der Waals surface area contributed by atoms with E-state index in [4.69, 9.17) is 11.6 Å².